The second-order valence-electron chi connectivity index (χ2n) is 4.51. The minimum absolute atomic E-state index is 0.258. The lowest BCUT2D eigenvalue weighted by molar-refractivity contribution is -0.0380. The topological polar surface area (TPSA) is 59.3 Å². The van der Waals surface area contributed by atoms with Crippen LogP contribution in [0, 0.1) is 11.3 Å². The molecule has 100 valence electrons. The Morgan fingerprint density at radius 2 is 2.26 bits per heavy atom. The average Bonchev–Trinajstić information content (AvgIpc) is 2.83. The molecule has 0 N–H and O–H groups in total. The Morgan fingerprint density at radius 1 is 1.58 bits per heavy atom. The number of rotatable bonds is 3. The third kappa shape index (κ3) is 3.34. The van der Waals surface area contributed by atoms with Crippen molar-refractivity contribution in [2.75, 3.05) is 0 Å². The SMILES string of the molecule is C[C@@H](OC(=O)c1ccccc1)[C@@H]1CCC(Br)(C#N)O1. The fourth-order valence-electron chi connectivity index (χ4n) is 1.99. The first-order valence-corrected chi connectivity index (χ1v) is 6.87. The fourth-order valence-corrected chi connectivity index (χ4v) is 2.45. The number of hydrogen-bond acceptors (Lipinski definition) is 4. The molecule has 3 atom stereocenters. The lowest BCUT2D eigenvalue weighted by atomic mass is 10.1. The van der Waals surface area contributed by atoms with Crippen LogP contribution in [0.5, 0.6) is 0 Å². The van der Waals surface area contributed by atoms with Crippen LogP contribution in [0.4, 0.5) is 0 Å². The van der Waals surface area contributed by atoms with Gasteiger partial charge < -0.3 is 9.47 Å². The Morgan fingerprint density at radius 3 is 2.84 bits per heavy atom. The van der Waals surface area contributed by atoms with E-state index in [9.17, 15) is 4.79 Å². The Kier molecular flexibility index (Phi) is 4.23. The van der Waals surface area contributed by atoms with E-state index >= 15 is 0 Å². The summed E-state index contributed by atoms with van der Waals surface area (Å²) in [4.78, 5) is 11.9. The molecule has 1 unspecified atom stereocenters. The van der Waals surface area contributed by atoms with Crippen molar-refractivity contribution < 1.29 is 14.3 Å². The molecule has 1 fully saturated rings. The molecule has 4 nitrogen and oxygen atoms in total. The van der Waals surface area contributed by atoms with Gasteiger partial charge >= 0.3 is 5.97 Å². The van der Waals surface area contributed by atoms with Crippen LogP contribution >= 0.6 is 15.9 Å². The van der Waals surface area contributed by atoms with E-state index in [1.165, 1.54) is 0 Å². The molecule has 0 amide bonds. The van der Waals surface area contributed by atoms with Crippen molar-refractivity contribution in [1.82, 2.24) is 0 Å². The largest absolute Gasteiger partial charge is 0.456 e. The highest BCUT2D eigenvalue weighted by Crippen LogP contribution is 2.37. The lowest BCUT2D eigenvalue weighted by Gasteiger charge is -2.21. The second-order valence-corrected chi connectivity index (χ2v) is 5.79. The smallest absolute Gasteiger partial charge is 0.338 e. The third-order valence-corrected chi connectivity index (χ3v) is 3.84. The van der Waals surface area contributed by atoms with Crippen molar-refractivity contribution in [3.63, 3.8) is 0 Å². The number of halogens is 1. The summed E-state index contributed by atoms with van der Waals surface area (Å²) in [5.74, 6) is -0.374. The molecule has 0 aromatic heterocycles. The van der Waals surface area contributed by atoms with Gasteiger partial charge in [-0.15, -0.1) is 0 Å². The Bertz CT molecular complexity index is 499. The maximum Gasteiger partial charge on any atom is 0.338 e. The van der Waals surface area contributed by atoms with Gasteiger partial charge in [-0.05, 0) is 41.4 Å². The summed E-state index contributed by atoms with van der Waals surface area (Å²) in [6.45, 7) is 1.78. The molecule has 0 bridgehead atoms. The summed E-state index contributed by atoms with van der Waals surface area (Å²) >= 11 is 3.24. The Labute approximate surface area is 120 Å². The summed E-state index contributed by atoms with van der Waals surface area (Å²) in [6, 6.07) is 10.9. The number of benzene rings is 1. The zero-order valence-corrected chi connectivity index (χ0v) is 12.1. The number of nitrogens with zero attached hydrogens (tertiary/aromatic N) is 1. The van der Waals surface area contributed by atoms with E-state index in [2.05, 4.69) is 22.0 Å². The van der Waals surface area contributed by atoms with E-state index in [0.717, 1.165) is 0 Å². The molecule has 1 aromatic rings. The van der Waals surface area contributed by atoms with E-state index in [4.69, 9.17) is 14.7 Å². The van der Waals surface area contributed by atoms with E-state index in [1.54, 1.807) is 31.2 Å². The zero-order valence-electron chi connectivity index (χ0n) is 10.5. The number of alkyl halides is 1. The van der Waals surface area contributed by atoms with Gasteiger partial charge in [-0.25, -0.2) is 4.79 Å². The first-order valence-electron chi connectivity index (χ1n) is 6.08. The maximum absolute atomic E-state index is 11.9. The minimum atomic E-state index is -0.939. The Balaban J connectivity index is 1.94. The molecule has 1 aliphatic heterocycles. The zero-order chi connectivity index (χ0) is 13.9. The van der Waals surface area contributed by atoms with Crippen molar-refractivity contribution in [1.29, 1.82) is 5.26 Å². The van der Waals surface area contributed by atoms with Gasteiger partial charge in [0.1, 0.15) is 12.2 Å². The maximum atomic E-state index is 11.9. The Hall–Kier alpha value is -1.38. The van der Waals surface area contributed by atoms with Gasteiger partial charge in [0.25, 0.3) is 0 Å². The van der Waals surface area contributed by atoms with Crippen LogP contribution in [-0.2, 0) is 9.47 Å². The molecule has 19 heavy (non-hydrogen) atoms. The van der Waals surface area contributed by atoms with Crippen LogP contribution in [0.1, 0.15) is 30.1 Å². The van der Waals surface area contributed by atoms with Crippen LogP contribution < -0.4 is 0 Å². The van der Waals surface area contributed by atoms with E-state index in [0.29, 0.717) is 18.4 Å². The first-order chi connectivity index (χ1) is 9.04. The fraction of sp³-hybridized carbons (Fsp3) is 0.429. The van der Waals surface area contributed by atoms with Crippen LogP contribution in [-0.4, -0.2) is 22.7 Å². The van der Waals surface area contributed by atoms with E-state index in [1.807, 2.05) is 6.07 Å². The molecule has 1 saturated heterocycles. The monoisotopic (exact) mass is 323 g/mol. The van der Waals surface area contributed by atoms with Gasteiger partial charge in [0.15, 0.2) is 0 Å². The van der Waals surface area contributed by atoms with Gasteiger partial charge in [0.2, 0.25) is 4.51 Å². The molecule has 5 heteroatoms. The second kappa shape index (κ2) is 5.72. The van der Waals surface area contributed by atoms with E-state index < -0.39 is 4.51 Å². The van der Waals surface area contributed by atoms with Crippen LogP contribution in [0.15, 0.2) is 30.3 Å². The summed E-state index contributed by atoms with van der Waals surface area (Å²) in [6.07, 6.45) is 0.621. The molecule has 2 rings (SSSR count). The molecule has 1 heterocycles. The molecule has 0 saturated carbocycles. The van der Waals surface area contributed by atoms with Gasteiger partial charge in [-0.2, -0.15) is 5.26 Å². The summed E-state index contributed by atoms with van der Waals surface area (Å²) < 4.78 is 10.00. The quantitative estimate of drug-likeness (QED) is 0.633. The number of hydrogen-bond donors (Lipinski definition) is 0. The average molecular weight is 324 g/mol. The lowest BCUT2D eigenvalue weighted by Crippen LogP contribution is -2.30. The van der Waals surface area contributed by atoms with Crippen LogP contribution in [0.25, 0.3) is 0 Å². The summed E-state index contributed by atoms with van der Waals surface area (Å²) in [5, 5.41) is 8.96. The van der Waals surface area contributed by atoms with Crippen molar-refractivity contribution >= 4 is 21.9 Å². The number of nitriles is 1. The minimum Gasteiger partial charge on any atom is -0.456 e. The highest BCUT2D eigenvalue weighted by Gasteiger charge is 2.41. The molecular formula is C14H14BrNO3. The molecule has 0 spiro atoms. The molecule has 0 aliphatic carbocycles. The van der Waals surface area contributed by atoms with Crippen LogP contribution in [0.2, 0.25) is 0 Å². The van der Waals surface area contributed by atoms with Gasteiger partial charge in [0.05, 0.1) is 11.7 Å². The van der Waals surface area contributed by atoms with E-state index in [-0.39, 0.29) is 18.2 Å². The standard InChI is InChI=1S/C14H14BrNO3/c1-10(12-7-8-14(15,9-16)19-12)18-13(17)11-5-3-2-4-6-11/h2-6,10,12H,7-8H2,1H3/t10-,12+,14?/m1/s1. The number of ether oxygens (including phenoxy) is 2. The first kappa shape index (κ1) is 14.0. The molecular weight excluding hydrogens is 310 g/mol. The molecule has 0 radical (unpaired) electrons. The normalized spacial score (nSPS) is 27.5. The van der Waals surface area contributed by atoms with Crippen LogP contribution in [0.3, 0.4) is 0 Å². The predicted octanol–water partition coefficient (Wildman–Crippen LogP) is 3.03. The van der Waals surface area contributed by atoms with Crippen molar-refractivity contribution in [2.24, 2.45) is 0 Å². The van der Waals surface area contributed by atoms with Gasteiger partial charge in [0, 0.05) is 6.42 Å². The van der Waals surface area contributed by atoms with Gasteiger partial charge in [-0.1, -0.05) is 18.2 Å². The predicted molar refractivity (Wildman–Crippen MR) is 72.7 cm³/mol. The number of carbonyl (C=O) groups is 1. The van der Waals surface area contributed by atoms with Crippen molar-refractivity contribution in [2.45, 2.75) is 36.5 Å². The third-order valence-electron chi connectivity index (χ3n) is 3.08. The number of esters is 1. The summed E-state index contributed by atoms with van der Waals surface area (Å²) in [5.41, 5.74) is 0.512. The van der Waals surface area contributed by atoms with Crippen molar-refractivity contribution in [3.8, 4) is 6.07 Å². The van der Waals surface area contributed by atoms with Crippen molar-refractivity contribution in [3.05, 3.63) is 35.9 Å². The highest BCUT2D eigenvalue weighted by molar-refractivity contribution is 9.10. The highest BCUT2D eigenvalue weighted by atomic mass is 79.9. The van der Waals surface area contributed by atoms with Gasteiger partial charge in [-0.3, -0.25) is 0 Å². The molecule has 1 aromatic carbocycles. The summed E-state index contributed by atoms with van der Waals surface area (Å²) in [7, 11) is 0. The number of carbonyl (C=O) groups excluding carboxylic acids is 1. The molecule has 1 aliphatic rings.